The molecular weight excluding hydrogens is 410 g/mol. The number of nitrogens with zero attached hydrogens (tertiary/aromatic N) is 1. The molecule has 2 aromatic rings. The van der Waals surface area contributed by atoms with Gasteiger partial charge in [-0.2, -0.15) is 0 Å². The van der Waals surface area contributed by atoms with E-state index in [0.29, 0.717) is 23.6 Å². The molecule has 1 aromatic heterocycles. The van der Waals surface area contributed by atoms with Gasteiger partial charge in [0, 0.05) is 36.8 Å². The van der Waals surface area contributed by atoms with Crippen molar-refractivity contribution in [3.8, 4) is 0 Å². The molecule has 1 aromatic carbocycles. The Balaban J connectivity index is 2.14. The Morgan fingerprint density at radius 3 is 2.76 bits per heavy atom. The quantitative estimate of drug-likeness (QED) is 0.765. The van der Waals surface area contributed by atoms with Crippen LogP contribution >= 0.6 is 31.9 Å². The average molecular weight is 420 g/mol. The van der Waals surface area contributed by atoms with Gasteiger partial charge in [-0.15, -0.1) is 0 Å². The van der Waals surface area contributed by atoms with Crippen molar-refractivity contribution in [1.29, 1.82) is 0 Å². The van der Waals surface area contributed by atoms with Crippen molar-refractivity contribution >= 4 is 37.8 Å². The molecule has 1 N–H and O–H groups in total. The molecule has 3 rings (SSSR count). The van der Waals surface area contributed by atoms with Crippen LogP contribution in [0.2, 0.25) is 0 Å². The molecule has 0 aliphatic carbocycles. The van der Waals surface area contributed by atoms with Crippen molar-refractivity contribution in [3.63, 3.8) is 0 Å². The Hall–Kier alpha value is -1.05. The van der Waals surface area contributed by atoms with Gasteiger partial charge in [-0.05, 0) is 44.0 Å². The topological polar surface area (TPSA) is 34.0 Å². The second kappa shape index (κ2) is 5.62. The first-order valence-corrected chi connectivity index (χ1v) is 7.87. The van der Waals surface area contributed by atoms with Crippen molar-refractivity contribution < 1.29 is 13.6 Å². The summed E-state index contributed by atoms with van der Waals surface area (Å²) in [4.78, 5) is 12.6. The third-order valence-electron chi connectivity index (χ3n) is 3.47. The molecule has 0 bridgehead atoms. The van der Waals surface area contributed by atoms with E-state index < -0.39 is 17.5 Å². The van der Waals surface area contributed by atoms with Gasteiger partial charge in [0.1, 0.15) is 16.2 Å². The van der Waals surface area contributed by atoms with Crippen LogP contribution in [-0.2, 0) is 13.0 Å². The van der Waals surface area contributed by atoms with Crippen LogP contribution in [0, 0.1) is 11.6 Å². The van der Waals surface area contributed by atoms with Gasteiger partial charge in [-0.1, -0.05) is 0 Å². The van der Waals surface area contributed by atoms with Crippen LogP contribution in [0.1, 0.15) is 21.6 Å². The highest BCUT2D eigenvalue weighted by atomic mass is 79.9. The van der Waals surface area contributed by atoms with E-state index >= 15 is 0 Å². The number of hydrogen-bond acceptors (Lipinski definition) is 2. The van der Waals surface area contributed by atoms with E-state index in [9.17, 15) is 13.6 Å². The van der Waals surface area contributed by atoms with Crippen molar-refractivity contribution in [2.45, 2.75) is 13.0 Å². The van der Waals surface area contributed by atoms with Crippen LogP contribution in [0.25, 0.3) is 0 Å². The van der Waals surface area contributed by atoms with Crippen LogP contribution < -0.4 is 5.32 Å². The van der Waals surface area contributed by atoms with Gasteiger partial charge in [-0.3, -0.25) is 9.36 Å². The standard InChI is InChI=1S/C14H10Br2F2N2O/c15-12-9-6-19-4-3-11(9)20(13(12)16)14(21)8-2-1-7(17)5-10(8)18/h1-2,5,19H,3-4,6H2. The Kier molecular flexibility index (Phi) is 3.98. The molecule has 110 valence electrons. The minimum atomic E-state index is -0.862. The first-order chi connectivity index (χ1) is 10.0. The number of aromatic nitrogens is 1. The van der Waals surface area contributed by atoms with Crippen LogP contribution in [0.4, 0.5) is 8.78 Å². The lowest BCUT2D eigenvalue weighted by Gasteiger charge is -2.16. The molecule has 0 fully saturated rings. The summed E-state index contributed by atoms with van der Waals surface area (Å²) >= 11 is 6.81. The van der Waals surface area contributed by atoms with Gasteiger partial charge >= 0.3 is 0 Å². The van der Waals surface area contributed by atoms with E-state index in [1.165, 1.54) is 10.6 Å². The van der Waals surface area contributed by atoms with Gasteiger partial charge in [-0.25, -0.2) is 8.78 Å². The summed E-state index contributed by atoms with van der Waals surface area (Å²) in [5.74, 6) is -2.08. The molecule has 0 radical (unpaired) electrons. The number of nitrogens with one attached hydrogen (secondary N) is 1. The lowest BCUT2D eigenvalue weighted by atomic mass is 10.1. The van der Waals surface area contributed by atoms with Gasteiger partial charge in [0.15, 0.2) is 0 Å². The molecule has 3 nitrogen and oxygen atoms in total. The smallest absolute Gasteiger partial charge is 0.266 e. The highest BCUT2D eigenvalue weighted by Gasteiger charge is 2.27. The number of halogens is 4. The van der Waals surface area contributed by atoms with Crippen molar-refractivity contribution in [1.82, 2.24) is 9.88 Å². The summed E-state index contributed by atoms with van der Waals surface area (Å²) < 4.78 is 29.6. The number of carbonyl (C=O) groups is 1. The first-order valence-electron chi connectivity index (χ1n) is 6.28. The van der Waals surface area contributed by atoms with E-state index in [0.717, 1.165) is 28.3 Å². The monoisotopic (exact) mass is 418 g/mol. The summed E-state index contributed by atoms with van der Waals surface area (Å²) in [6, 6.07) is 2.96. The Labute approximate surface area is 136 Å². The number of hydrogen-bond donors (Lipinski definition) is 1. The summed E-state index contributed by atoms with van der Waals surface area (Å²) in [5, 5.41) is 3.22. The Bertz CT molecular complexity index is 743. The number of carbonyl (C=O) groups excluding carboxylic acids is 1. The predicted octanol–water partition coefficient (Wildman–Crippen LogP) is 3.63. The third kappa shape index (κ3) is 2.47. The fraction of sp³-hybridized carbons (Fsp3) is 0.214. The maximum Gasteiger partial charge on any atom is 0.266 e. The molecule has 7 heteroatoms. The van der Waals surface area contributed by atoms with Crippen molar-refractivity contribution in [3.05, 3.63) is 55.7 Å². The van der Waals surface area contributed by atoms with Crippen molar-refractivity contribution in [2.24, 2.45) is 0 Å². The molecule has 0 amide bonds. The zero-order chi connectivity index (χ0) is 15.1. The van der Waals surface area contributed by atoms with E-state index in [4.69, 9.17) is 0 Å². The second-order valence-electron chi connectivity index (χ2n) is 4.72. The zero-order valence-corrected chi connectivity index (χ0v) is 13.9. The molecule has 1 aliphatic rings. The van der Waals surface area contributed by atoms with Crippen LogP contribution in [0.5, 0.6) is 0 Å². The van der Waals surface area contributed by atoms with Crippen LogP contribution in [0.15, 0.2) is 27.3 Å². The average Bonchev–Trinajstić information content (AvgIpc) is 2.71. The Morgan fingerprint density at radius 2 is 2.05 bits per heavy atom. The molecule has 2 heterocycles. The molecule has 0 saturated carbocycles. The number of benzene rings is 1. The molecule has 0 spiro atoms. The number of rotatable bonds is 1. The van der Waals surface area contributed by atoms with E-state index in [1.54, 1.807) is 0 Å². The molecule has 0 saturated heterocycles. The second-order valence-corrected chi connectivity index (χ2v) is 6.27. The summed E-state index contributed by atoms with van der Waals surface area (Å²) in [5.41, 5.74) is 1.66. The molecule has 1 aliphatic heterocycles. The fourth-order valence-corrected chi connectivity index (χ4v) is 3.62. The van der Waals surface area contributed by atoms with E-state index in [2.05, 4.69) is 37.2 Å². The largest absolute Gasteiger partial charge is 0.312 e. The lowest BCUT2D eigenvalue weighted by Crippen LogP contribution is -2.27. The lowest BCUT2D eigenvalue weighted by molar-refractivity contribution is 0.0950. The SMILES string of the molecule is O=C(c1ccc(F)cc1F)n1c(Br)c(Br)c2c1CCNC2. The number of fused-ring (bicyclic) bond motifs is 1. The van der Waals surface area contributed by atoms with Crippen LogP contribution in [0.3, 0.4) is 0 Å². The minimum Gasteiger partial charge on any atom is -0.312 e. The molecule has 0 atom stereocenters. The van der Waals surface area contributed by atoms with Gasteiger partial charge in [0.25, 0.3) is 5.91 Å². The molecular formula is C14H10Br2F2N2O. The van der Waals surface area contributed by atoms with Gasteiger partial charge in [0.2, 0.25) is 0 Å². The maximum atomic E-state index is 13.8. The summed E-state index contributed by atoms with van der Waals surface area (Å²) in [7, 11) is 0. The van der Waals surface area contributed by atoms with Gasteiger partial charge in [0.05, 0.1) is 10.0 Å². The van der Waals surface area contributed by atoms with Gasteiger partial charge < -0.3 is 5.32 Å². The Morgan fingerprint density at radius 1 is 1.29 bits per heavy atom. The highest BCUT2D eigenvalue weighted by Crippen LogP contribution is 2.35. The maximum absolute atomic E-state index is 13.8. The normalized spacial score (nSPS) is 14.1. The predicted molar refractivity (Wildman–Crippen MR) is 81.3 cm³/mol. The van der Waals surface area contributed by atoms with E-state index in [-0.39, 0.29) is 5.56 Å². The zero-order valence-electron chi connectivity index (χ0n) is 10.7. The van der Waals surface area contributed by atoms with Crippen LogP contribution in [-0.4, -0.2) is 17.0 Å². The van der Waals surface area contributed by atoms with Crippen molar-refractivity contribution in [2.75, 3.05) is 6.54 Å². The fourth-order valence-electron chi connectivity index (χ4n) is 2.46. The van der Waals surface area contributed by atoms with E-state index in [1.807, 2.05) is 0 Å². The third-order valence-corrected chi connectivity index (χ3v) is 5.60. The molecule has 21 heavy (non-hydrogen) atoms. The minimum absolute atomic E-state index is 0.152. The first kappa shape index (κ1) is 14.9. The summed E-state index contributed by atoms with van der Waals surface area (Å²) in [6.45, 7) is 1.38. The highest BCUT2D eigenvalue weighted by molar-refractivity contribution is 9.13. The summed E-state index contributed by atoms with van der Waals surface area (Å²) in [6.07, 6.45) is 0.661. The molecule has 0 unspecified atom stereocenters.